The highest BCUT2D eigenvalue weighted by atomic mass is 16.5. The summed E-state index contributed by atoms with van der Waals surface area (Å²) in [5.41, 5.74) is 0.293. The van der Waals surface area contributed by atoms with Crippen LogP contribution in [-0.4, -0.2) is 22.4 Å². The number of nitriles is 1. The third-order valence-electron chi connectivity index (χ3n) is 3.43. The van der Waals surface area contributed by atoms with E-state index >= 15 is 0 Å². The third kappa shape index (κ3) is 2.95. The van der Waals surface area contributed by atoms with Gasteiger partial charge in [-0.2, -0.15) is 10.4 Å². The summed E-state index contributed by atoms with van der Waals surface area (Å²) in [6.45, 7) is 8.23. The molecule has 1 heterocycles. The monoisotopic (exact) mass is 263 g/mol. The molecule has 0 N–H and O–H groups in total. The van der Waals surface area contributed by atoms with Gasteiger partial charge in [0.05, 0.1) is 18.3 Å². The van der Waals surface area contributed by atoms with E-state index in [0.717, 1.165) is 19.3 Å². The van der Waals surface area contributed by atoms with Gasteiger partial charge >= 0.3 is 5.97 Å². The molecule has 0 aromatic carbocycles. The van der Waals surface area contributed by atoms with Crippen LogP contribution in [0.4, 0.5) is 0 Å². The van der Waals surface area contributed by atoms with Gasteiger partial charge in [0.1, 0.15) is 11.6 Å². The predicted molar refractivity (Wildman–Crippen MR) is 71.7 cm³/mol. The Balaban J connectivity index is 3.24. The fourth-order valence-corrected chi connectivity index (χ4v) is 2.19. The van der Waals surface area contributed by atoms with Gasteiger partial charge in [-0.15, -0.1) is 0 Å². The van der Waals surface area contributed by atoms with Crippen LogP contribution >= 0.6 is 0 Å². The van der Waals surface area contributed by atoms with Crippen molar-refractivity contribution >= 4 is 5.97 Å². The van der Waals surface area contributed by atoms with E-state index in [1.165, 1.54) is 6.20 Å². The lowest BCUT2D eigenvalue weighted by molar-refractivity contribution is 0.0525. The molecular formula is C14H21N3O2. The lowest BCUT2D eigenvalue weighted by Crippen LogP contribution is -2.31. The minimum absolute atomic E-state index is 0.245. The van der Waals surface area contributed by atoms with Crippen molar-refractivity contribution in [2.75, 3.05) is 6.61 Å². The average molecular weight is 263 g/mol. The number of hydrogen-bond donors (Lipinski definition) is 0. The molecule has 0 aliphatic carbocycles. The summed E-state index contributed by atoms with van der Waals surface area (Å²) in [5, 5.41) is 13.6. The summed E-state index contributed by atoms with van der Waals surface area (Å²) >= 11 is 0. The van der Waals surface area contributed by atoms with Crippen LogP contribution in [-0.2, 0) is 10.3 Å². The second-order valence-corrected chi connectivity index (χ2v) is 4.75. The van der Waals surface area contributed by atoms with Crippen molar-refractivity contribution < 1.29 is 9.53 Å². The first-order valence-electron chi connectivity index (χ1n) is 6.69. The smallest absolute Gasteiger partial charge is 0.342 e. The van der Waals surface area contributed by atoms with Crippen molar-refractivity contribution in [3.63, 3.8) is 0 Å². The van der Waals surface area contributed by atoms with Crippen molar-refractivity contribution in [2.24, 2.45) is 0 Å². The van der Waals surface area contributed by atoms with E-state index < -0.39 is 5.97 Å². The van der Waals surface area contributed by atoms with E-state index in [2.05, 4.69) is 31.9 Å². The largest absolute Gasteiger partial charge is 0.462 e. The Labute approximate surface area is 114 Å². The maximum atomic E-state index is 11.8. The Bertz CT molecular complexity index is 487. The molecule has 0 bridgehead atoms. The first-order valence-corrected chi connectivity index (χ1v) is 6.69. The molecule has 0 aliphatic heterocycles. The molecule has 0 amide bonds. The molecule has 1 unspecified atom stereocenters. The third-order valence-corrected chi connectivity index (χ3v) is 3.43. The molecule has 0 saturated heterocycles. The number of rotatable bonds is 6. The topological polar surface area (TPSA) is 67.9 Å². The maximum absolute atomic E-state index is 11.8. The van der Waals surface area contributed by atoms with Crippen molar-refractivity contribution in [1.82, 2.24) is 9.78 Å². The van der Waals surface area contributed by atoms with E-state index in [1.54, 1.807) is 11.6 Å². The standard InChI is InChI=1S/C14H21N3O2/c1-5-8-14(4,6-2)17-12(9-15)11(10-16-17)13(18)19-7-3/h10H,5-8H2,1-4H3. The van der Waals surface area contributed by atoms with E-state index in [-0.39, 0.29) is 23.4 Å². The van der Waals surface area contributed by atoms with Crippen molar-refractivity contribution in [2.45, 2.75) is 52.5 Å². The van der Waals surface area contributed by atoms with Gasteiger partial charge in [-0.05, 0) is 26.7 Å². The van der Waals surface area contributed by atoms with Gasteiger partial charge in [0.15, 0.2) is 5.69 Å². The number of esters is 1. The Morgan fingerprint density at radius 3 is 2.68 bits per heavy atom. The molecule has 104 valence electrons. The van der Waals surface area contributed by atoms with Gasteiger partial charge in [-0.1, -0.05) is 20.3 Å². The molecule has 1 rings (SSSR count). The Morgan fingerprint density at radius 2 is 2.21 bits per heavy atom. The van der Waals surface area contributed by atoms with Gasteiger partial charge in [-0.25, -0.2) is 9.48 Å². The summed E-state index contributed by atoms with van der Waals surface area (Å²) < 4.78 is 6.62. The minimum Gasteiger partial charge on any atom is -0.462 e. The molecule has 0 spiro atoms. The summed E-state index contributed by atoms with van der Waals surface area (Å²) in [6.07, 6.45) is 4.17. The predicted octanol–water partition coefficient (Wildman–Crippen LogP) is 2.86. The summed E-state index contributed by atoms with van der Waals surface area (Å²) in [4.78, 5) is 11.8. The SMILES string of the molecule is CCCC(C)(CC)n1ncc(C(=O)OCC)c1C#N. The molecule has 19 heavy (non-hydrogen) atoms. The van der Waals surface area contributed by atoms with Crippen LogP contribution in [0.1, 0.15) is 63.0 Å². The quantitative estimate of drug-likeness (QED) is 0.740. The fourth-order valence-electron chi connectivity index (χ4n) is 2.19. The van der Waals surface area contributed by atoms with Gasteiger partial charge in [-0.3, -0.25) is 0 Å². The van der Waals surface area contributed by atoms with Gasteiger partial charge in [0.2, 0.25) is 0 Å². The Morgan fingerprint density at radius 1 is 1.53 bits per heavy atom. The Kier molecular flexibility index (Phi) is 5.11. The van der Waals surface area contributed by atoms with Gasteiger partial charge in [0.25, 0.3) is 0 Å². The van der Waals surface area contributed by atoms with Crippen LogP contribution in [0.3, 0.4) is 0 Å². The lowest BCUT2D eigenvalue weighted by Gasteiger charge is -2.29. The van der Waals surface area contributed by atoms with Crippen LogP contribution in [0.25, 0.3) is 0 Å². The molecule has 5 heteroatoms. The minimum atomic E-state index is -0.486. The van der Waals surface area contributed by atoms with E-state index in [9.17, 15) is 10.1 Å². The number of carbonyl (C=O) groups is 1. The molecule has 0 aliphatic rings. The Hall–Kier alpha value is -1.83. The van der Waals surface area contributed by atoms with Crippen LogP contribution in [0, 0.1) is 11.3 Å². The number of aromatic nitrogens is 2. The lowest BCUT2D eigenvalue weighted by atomic mass is 9.93. The van der Waals surface area contributed by atoms with E-state index in [0.29, 0.717) is 0 Å². The molecular weight excluding hydrogens is 242 g/mol. The van der Waals surface area contributed by atoms with Gasteiger partial charge < -0.3 is 4.74 Å². The van der Waals surface area contributed by atoms with Crippen molar-refractivity contribution in [3.05, 3.63) is 17.5 Å². The molecule has 1 aromatic rings. The second-order valence-electron chi connectivity index (χ2n) is 4.75. The summed E-state index contributed by atoms with van der Waals surface area (Å²) in [5.74, 6) is -0.486. The average Bonchev–Trinajstić information content (AvgIpc) is 2.83. The molecule has 0 fully saturated rings. The van der Waals surface area contributed by atoms with Crippen LogP contribution in [0.5, 0.6) is 0 Å². The van der Waals surface area contributed by atoms with E-state index in [4.69, 9.17) is 4.74 Å². The van der Waals surface area contributed by atoms with Crippen LogP contribution in [0.15, 0.2) is 6.20 Å². The molecule has 1 atom stereocenters. The zero-order chi connectivity index (χ0) is 14.5. The van der Waals surface area contributed by atoms with Crippen molar-refractivity contribution in [1.29, 1.82) is 5.26 Å². The normalized spacial score (nSPS) is 13.6. The molecule has 5 nitrogen and oxygen atoms in total. The van der Waals surface area contributed by atoms with Crippen LogP contribution < -0.4 is 0 Å². The number of nitrogens with zero attached hydrogens (tertiary/aromatic N) is 3. The summed E-state index contributed by atoms with van der Waals surface area (Å²) in [7, 11) is 0. The molecule has 1 aromatic heterocycles. The highest BCUT2D eigenvalue weighted by Gasteiger charge is 2.30. The summed E-state index contributed by atoms with van der Waals surface area (Å²) in [6, 6.07) is 2.08. The molecule has 0 radical (unpaired) electrons. The second kappa shape index (κ2) is 6.37. The highest BCUT2D eigenvalue weighted by molar-refractivity contribution is 5.91. The van der Waals surface area contributed by atoms with Crippen LogP contribution in [0.2, 0.25) is 0 Å². The highest BCUT2D eigenvalue weighted by Crippen LogP contribution is 2.28. The fraction of sp³-hybridized carbons (Fsp3) is 0.643. The molecule has 0 saturated carbocycles. The number of carbonyl (C=O) groups excluding carboxylic acids is 1. The first kappa shape index (κ1) is 15.2. The zero-order valence-electron chi connectivity index (χ0n) is 12.1. The van der Waals surface area contributed by atoms with Crippen molar-refractivity contribution in [3.8, 4) is 6.07 Å². The first-order chi connectivity index (χ1) is 9.03. The number of ether oxygens (including phenoxy) is 1. The van der Waals surface area contributed by atoms with Gasteiger partial charge in [0, 0.05) is 0 Å². The maximum Gasteiger partial charge on any atom is 0.342 e. The number of hydrogen-bond acceptors (Lipinski definition) is 4. The zero-order valence-corrected chi connectivity index (χ0v) is 12.1. The van der Waals surface area contributed by atoms with E-state index in [1.807, 2.05) is 0 Å².